The Labute approximate surface area is 131 Å². The average Bonchev–Trinajstić information content (AvgIpc) is 2.38. The highest BCUT2D eigenvalue weighted by Gasteiger charge is 2.07. The molecule has 0 spiro atoms. The summed E-state index contributed by atoms with van der Waals surface area (Å²) >= 11 is 3.28. The highest BCUT2D eigenvalue weighted by atomic mass is 79.9. The quantitative estimate of drug-likeness (QED) is 0.872. The maximum atomic E-state index is 13.6. The van der Waals surface area contributed by atoms with Gasteiger partial charge in [0.25, 0.3) is 0 Å². The fourth-order valence-electron chi connectivity index (χ4n) is 2.01. The average molecular weight is 356 g/mol. The summed E-state index contributed by atoms with van der Waals surface area (Å²) in [5.74, 6) is -0.381. The molecule has 5 heteroatoms. The van der Waals surface area contributed by atoms with E-state index in [1.165, 1.54) is 18.2 Å². The third-order valence-electron chi connectivity index (χ3n) is 2.89. The van der Waals surface area contributed by atoms with E-state index < -0.39 is 5.82 Å². The number of hydrogen-bond donors (Lipinski definition) is 1. The van der Waals surface area contributed by atoms with Crippen LogP contribution in [0.2, 0.25) is 0 Å². The molecule has 21 heavy (non-hydrogen) atoms. The highest BCUT2D eigenvalue weighted by Crippen LogP contribution is 2.21. The molecule has 0 aromatic heterocycles. The van der Waals surface area contributed by atoms with E-state index in [-0.39, 0.29) is 18.5 Å². The van der Waals surface area contributed by atoms with Gasteiger partial charge in [0.2, 0.25) is 0 Å². The zero-order valence-electron chi connectivity index (χ0n) is 11.6. The summed E-state index contributed by atoms with van der Waals surface area (Å²) in [6.45, 7) is 1.88. The molecule has 1 atom stereocenters. The molecule has 2 nitrogen and oxygen atoms in total. The van der Waals surface area contributed by atoms with Crippen LogP contribution in [0.25, 0.3) is 0 Å². The highest BCUT2D eigenvalue weighted by molar-refractivity contribution is 9.10. The molecule has 0 amide bonds. The Hall–Kier alpha value is -1.46. The SMILES string of the molecule is CC(N)Cc1cc(F)cc(OCc2cc(Br)ccc2F)c1. The van der Waals surface area contributed by atoms with E-state index in [0.717, 1.165) is 10.0 Å². The lowest BCUT2D eigenvalue weighted by molar-refractivity contribution is 0.298. The van der Waals surface area contributed by atoms with E-state index in [9.17, 15) is 8.78 Å². The number of ether oxygens (including phenoxy) is 1. The monoisotopic (exact) mass is 355 g/mol. The van der Waals surface area contributed by atoms with Crippen LogP contribution in [0.15, 0.2) is 40.9 Å². The van der Waals surface area contributed by atoms with Crippen molar-refractivity contribution < 1.29 is 13.5 Å². The number of halogens is 3. The van der Waals surface area contributed by atoms with Crippen molar-refractivity contribution in [1.29, 1.82) is 0 Å². The zero-order chi connectivity index (χ0) is 15.4. The lowest BCUT2D eigenvalue weighted by Gasteiger charge is -2.11. The van der Waals surface area contributed by atoms with Crippen molar-refractivity contribution in [3.8, 4) is 5.75 Å². The molecule has 1 unspecified atom stereocenters. The van der Waals surface area contributed by atoms with E-state index in [0.29, 0.717) is 17.7 Å². The van der Waals surface area contributed by atoms with Crippen LogP contribution in [0.5, 0.6) is 5.75 Å². The molecule has 0 saturated carbocycles. The first-order valence-corrected chi connectivity index (χ1v) is 7.35. The summed E-state index contributed by atoms with van der Waals surface area (Å²) in [5, 5.41) is 0. The van der Waals surface area contributed by atoms with Crippen molar-refractivity contribution in [1.82, 2.24) is 0 Å². The minimum Gasteiger partial charge on any atom is -0.489 e. The van der Waals surface area contributed by atoms with Gasteiger partial charge < -0.3 is 10.5 Å². The number of hydrogen-bond acceptors (Lipinski definition) is 2. The summed E-state index contributed by atoms with van der Waals surface area (Å²) in [4.78, 5) is 0. The van der Waals surface area contributed by atoms with Gasteiger partial charge in [-0.1, -0.05) is 15.9 Å². The predicted octanol–water partition coefficient (Wildman–Crippen LogP) is 4.20. The first kappa shape index (κ1) is 15.9. The molecule has 0 aliphatic rings. The number of nitrogens with two attached hydrogens (primary N) is 1. The van der Waals surface area contributed by atoms with Crippen LogP contribution in [0.1, 0.15) is 18.1 Å². The van der Waals surface area contributed by atoms with Crippen LogP contribution < -0.4 is 10.5 Å². The molecule has 2 aromatic carbocycles. The van der Waals surface area contributed by atoms with Gasteiger partial charge in [0, 0.05) is 22.1 Å². The van der Waals surface area contributed by atoms with Gasteiger partial charge in [-0.25, -0.2) is 8.78 Å². The van der Waals surface area contributed by atoms with E-state index in [1.54, 1.807) is 18.2 Å². The van der Waals surface area contributed by atoms with Crippen molar-refractivity contribution in [2.75, 3.05) is 0 Å². The molecule has 112 valence electrons. The Morgan fingerprint density at radius 3 is 2.67 bits per heavy atom. The summed E-state index contributed by atoms with van der Waals surface area (Å²) in [5.41, 5.74) is 6.87. The Kier molecular flexibility index (Phi) is 5.31. The van der Waals surface area contributed by atoms with Gasteiger partial charge in [0.05, 0.1) is 0 Å². The Bertz CT molecular complexity index is 632. The smallest absolute Gasteiger partial charge is 0.129 e. The first-order valence-electron chi connectivity index (χ1n) is 6.56. The first-order chi connectivity index (χ1) is 9.94. The molecule has 0 radical (unpaired) electrons. The second-order valence-electron chi connectivity index (χ2n) is 5.00. The van der Waals surface area contributed by atoms with Crippen molar-refractivity contribution in [3.63, 3.8) is 0 Å². The fraction of sp³-hybridized carbons (Fsp3) is 0.250. The van der Waals surface area contributed by atoms with Crippen LogP contribution in [0.4, 0.5) is 8.78 Å². The molecular weight excluding hydrogens is 340 g/mol. The van der Waals surface area contributed by atoms with Crippen LogP contribution in [0.3, 0.4) is 0 Å². The number of benzene rings is 2. The van der Waals surface area contributed by atoms with Gasteiger partial charge in [-0.05, 0) is 49.2 Å². The molecule has 0 heterocycles. The Morgan fingerprint density at radius 1 is 1.19 bits per heavy atom. The molecule has 2 rings (SSSR count). The van der Waals surface area contributed by atoms with Gasteiger partial charge in [0.15, 0.2) is 0 Å². The van der Waals surface area contributed by atoms with E-state index in [2.05, 4.69) is 15.9 Å². The Balaban J connectivity index is 2.12. The van der Waals surface area contributed by atoms with Crippen molar-refractivity contribution >= 4 is 15.9 Å². The third kappa shape index (κ3) is 4.79. The molecule has 0 bridgehead atoms. The van der Waals surface area contributed by atoms with Crippen LogP contribution in [-0.4, -0.2) is 6.04 Å². The largest absolute Gasteiger partial charge is 0.489 e. The molecule has 2 N–H and O–H groups in total. The van der Waals surface area contributed by atoms with Gasteiger partial charge in [-0.3, -0.25) is 0 Å². The second kappa shape index (κ2) is 7.00. The van der Waals surface area contributed by atoms with E-state index in [4.69, 9.17) is 10.5 Å². The Morgan fingerprint density at radius 2 is 1.95 bits per heavy atom. The molecule has 2 aromatic rings. The maximum Gasteiger partial charge on any atom is 0.129 e. The molecule has 0 fully saturated rings. The number of rotatable bonds is 5. The normalized spacial score (nSPS) is 12.2. The maximum absolute atomic E-state index is 13.6. The summed E-state index contributed by atoms with van der Waals surface area (Å²) in [6, 6.07) is 8.97. The van der Waals surface area contributed by atoms with Crippen LogP contribution in [-0.2, 0) is 13.0 Å². The molecular formula is C16H16BrF2NO. The lowest BCUT2D eigenvalue weighted by atomic mass is 10.1. The second-order valence-corrected chi connectivity index (χ2v) is 5.92. The summed E-state index contributed by atoms with van der Waals surface area (Å²) in [7, 11) is 0. The van der Waals surface area contributed by atoms with Gasteiger partial charge >= 0.3 is 0 Å². The predicted molar refractivity (Wildman–Crippen MR) is 82.2 cm³/mol. The van der Waals surface area contributed by atoms with Crippen molar-refractivity contribution in [2.24, 2.45) is 5.73 Å². The summed E-state index contributed by atoms with van der Waals surface area (Å²) in [6.07, 6.45) is 0.555. The van der Waals surface area contributed by atoms with Gasteiger partial charge in [-0.2, -0.15) is 0 Å². The van der Waals surface area contributed by atoms with Crippen LogP contribution in [0, 0.1) is 11.6 Å². The van der Waals surface area contributed by atoms with Gasteiger partial charge in [0.1, 0.15) is 24.0 Å². The van der Waals surface area contributed by atoms with E-state index >= 15 is 0 Å². The van der Waals surface area contributed by atoms with E-state index in [1.807, 2.05) is 6.92 Å². The summed E-state index contributed by atoms with van der Waals surface area (Å²) < 4.78 is 33.4. The zero-order valence-corrected chi connectivity index (χ0v) is 13.2. The van der Waals surface area contributed by atoms with Crippen molar-refractivity contribution in [2.45, 2.75) is 26.0 Å². The fourth-order valence-corrected chi connectivity index (χ4v) is 2.42. The molecule has 0 saturated heterocycles. The van der Waals surface area contributed by atoms with Gasteiger partial charge in [-0.15, -0.1) is 0 Å². The van der Waals surface area contributed by atoms with Crippen molar-refractivity contribution in [3.05, 3.63) is 63.6 Å². The lowest BCUT2D eigenvalue weighted by Crippen LogP contribution is -2.17. The van der Waals surface area contributed by atoms with Crippen LogP contribution >= 0.6 is 15.9 Å². The molecule has 0 aliphatic heterocycles. The topological polar surface area (TPSA) is 35.2 Å². The molecule has 0 aliphatic carbocycles. The minimum absolute atomic E-state index is 0.0341. The standard InChI is InChI=1S/C16H16BrF2NO/c1-10(20)4-11-5-14(18)8-15(6-11)21-9-12-7-13(17)2-3-16(12)19/h2-3,5-8,10H,4,9,20H2,1H3. The minimum atomic E-state index is -0.391. The third-order valence-corrected chi connectivity index (χ3v) is 3.38.